The first kappa shape index (κ1) is 16.6. The number of hydrogen-bond acceptors (Lipinski definition) is 1. The first-order chi connectivity index (χ1) is 11.4. The molecule has 24 heavy (non-hydrogen) atoms. The summed E-state index contributed by atoms with van der Waals surface area (Å²) in [5.41, 5.74) is 0.915. The fraction of sp³-hybridized carbons (Fsp3) is 0.235. The molecular formula is C17H14ClF3N2O. The zero-order chi connectivity index (χ0) is 17.3. The van der Waals surface area contributed by atoms with Gasteiger partial charge in [-0.3, -0.25) is 4.90 Å². The van der Waals surface area contributed by atoms with Gasteiger partial charge in [0.25, 0.3) is 0 Å². The van der Waals surface area contributed by atoms with Crippen LogP contribution in [0.15, 0.2) is 42.5 Å². The van der Waals surface area contributed by atoms with Crippen molar-refractivity contribution in [2.24, 2.45) is 0 Å². The molecule has 2 amide bonds. The van der Waals surface area contributed by atoms with E-state index in [1.165, 1.54) is 6.07 Å². The van der Waals surface area contributed by atoms with Gasteiger partial charge in [-0.05, 0) is 42.7 Å². The van der Waals surface area contributed by atoms with Crippen LogP contribution in [0.1, 0.15) is 17.5 Å². The highest BCUT2D eigenvalue weighted by atomic mass is 35.5. The number of anilines is 2. The molecule has 1 aliphatic rings. The van der Waals surface area contributed by atoms with Crippen molar-refractivity contribution >= 4 is 29.0 Å². The summed E-state index contributed by atoms with van der Waals surface area (Å²) in [5, 5.41) is 2.12. The van der Waals surface area contributed by atoms with Crippen molar-refractivity contribution in [3.63, 3.8) is 0 Å². The standard InChI is InChI=1S/C17H14ClF3N2O/c18-14-8-7-12(10-13(14)17(19,20)21)22-16(24)23-9-3-5-11-4-1-2-6-15(11)23/h1-2,4,6-8,10H,3,5,9H2,(H,22,24). The molecule has 0 saturated heterocycles. The highest BCUT2D eigenvalue weighted by Crippen LogP contribution is 2.36. The minimum Gasteiger partial charge on any atom is -0.308 e. The number of nitrogens with one attached hydrogen (secondary N) is 1. The van der Waals surface area contributed by atoms with Gasteiger partial charge < -0.3 is 5.32 Å². The van der Waals surface area contributed by atoms with E-state index in [2.05, 4.69) is 5.32 Å². The Bertz CT molecular complexity index is 777. The summed E-state index contributed by atoms with van der Waals surface area (Å²) in [6, 6.07) is 10.4. The zero-order valence-corrected chi connectivity index (χ0v) is 13.3. The van der Waals surface area contributed by atoms with Crippen molar-refractivity contribution in [2.75, 3.05) is 16.8 Å². The van der Waals surface area contributed by atoms with E-state index < -0.39 is 22.8 Å². The number of carbonyl (C=O) groups excluding carboxylic acids is 1. The smallest absolute Gasteiger partial charge is 0.308 e. The second kappa shape index (κ2) is 6.36. The van der Waals surface area contributed by atoms with Gasteiger partial charge in [-0.1, -0.05) is 29.8 Å². The van der Waals surface area contributed by atoms with Crippen LogP contribution in [0, 0.1) is 0 Å². The predicted octanol–water partition coefficient (Wildman–Crippen LogP) is 5.34. The van der Waals surface area contributed by atoms with Crippen molar-refractivity contribution < 1.29 is 18.0 Å². The minimum absolute atomic E-state index is 0.0554. The van der Waals surface area contributed by atoms with E-state index in [0.29, 0.717) is 6.54 Å². The van der Waals surface area contributed by atoms with E-state index in [1.54, 1.807) is 4.90 Å². The molecule has 1 heterocycles. The molecule has 3 nitrogen and oxygen atoms in total. The maximum absolute atomic E-state index is 12.9. The number of benzene rings is 2. The molecule has 2 aromatic rings. The maximum atomic E-state index is 12.9. The van der Waals surface area contributed by atoms with E-state index >= 15 is 0 Å². The Morgan fingerprint density at radius 1 is 1.17 bits per heavy atom. The summed E-state index contributed by atoms with van der Waals surface area (Å²) in [6.45, 7) is 0.516. The molecule has 0 fully saturated rings. The Labute approximate surface area is 142 Å². The van der Waals surface area contributed by atoms with Gasteiger partial charge in [0.2, 0.25) is 0 Å². The van der Waals surface area contributed by atoms with Gasteiger partial charge >= 0.3 is 12.2 Å². The molecule has 3 rings (SSSR count). The summed E-state index contributed by atoms with van der Waals surface area (Å²) >= 11 is 5.59. The number of halogens is 4. The fourth-order valence-corrected chi connectivity index (χ4v) is 2.98. The quantitative estimate of drug-likeness (QED) is 0.736. The maximum Gasteiger partial charge on any atom is 0.417 e. The van der Waals surface area contributed by atoms with Crippen molar-refractivity contribution in [1.29, 1.82) is 0 Å². The lowest BCUT2D eigenvalue weighted by molar-refractivity contribution is -0.137. The highest BCUT2D eigenvalue weighted by Gasteiger charge is 2.33. The number of nitrogens with zero attached hydrogens (tertiary/aromatic N) is 1. The molecule has 0 atom stereocenters. The van der Waals surface area contributed by atoms with Gasteiger partial charge in [-0.15, -0.1) is 0 Å². The third-order valence-corrected chi connectivity index (χ3v) is 4.21. The number of para-hydroxylation sites is 1. The number of rotatable bonds is 1. The Morgan fingerprint density at radius 3 is 2.67 bits per heavy atom. The number of carbonyl (C=O) groups is 1. The lowest BCUT2D eigenvalue weighted by Gasteiger charge is -2.29. The van der Waals surface area contributed by atoms with Gasteiger partial charge in [0.15, 0.2) is 0 Å². The first-order valence-corrected chi connectivity index (χ1v) is 7.77. The van der Waals surface area contributed by atoms with Crippen LogP contribution >= 0.6 is 11.6 Å². The summed E-state index contributed by atoms with van der Waals surface area (Å²) in [6.07, 6.45) is -2.90. The third kappa shape index (κ3) is 3.33. The predicted molar refractivity (Wildman–Crippen MR) is 87.6 cm³/mol. The number of hydrogen-bond donors (Lipinski definition) is 1. The molecule has 0 bridgehead atoms. The SMILES string of the molecule is O=C(Nc1ccc(Cl)c(C(F)(F)F)c1)N1CCCc2ccccc21. The van der Waals surface area contributed by atoms with Crippen LogP contribution in [0.3, 0.4) is 0 Å². The van der Waals surface area contributed by atoms with Crippen LogP contribution in [0.4, 0.5) is 29.3 Å². The fourth-order valence-electron chi connectivity index (χ4n) is 2.76. The topological polar surface area (TPSA) is 32.3 Å². The second-order valence-corrected chi connectivity index (χ2v) is 5.91. The van der Waals surface area contributed by atoms with Crippen molar-refractivity contribution in [1.82, 2.24) is 0 Å². The molecule has 0 unspecified atom stereocenters. The molecule has 0 aliphatic carbocycles. The molecule has 1 N–H and O–H groups in total. The van der Waals surface area contributed by atoms with Gasteiger partial charge in [-0.2, -0.15) is 13.2 Å². The van der Waals surface area contributed by atoms with Crippen molar-refractivity contribution in [3.05, 3.63) is 58.6 Å². The largest absolute Gasteiger partial charge is 0.417 e. The average molecular weight is 355 g/mol. The van der Waals surface area contributed by atoms with E-state index in [-0.39, 0.29) is 5.69 Å². The van der Waals surface area contributed by atoms with Crippen LogP contribution in [0.25, 0.3) is 0 Å². The van der Waals surface area contributed by atoms with E-state index in [1.807, 2.05) is 24.3 Å². The van der Waals surface area contributed by atoms with E-state index in [0.717, 1.165) is 36.2 Å². The summed E-state index contributed by atoms with van der Waals surface area (Å²) in [4.78, 5) is 14.0. The van der Waals surface area contributed by atoms with Crippen molar-refractivity contribution in [2.45, 2.75) is 19.0 Å². The summed E-state index contributed by atoms with van der Waals surface area (Å²) in [5.74, 6) is 0. The highest BCUT2D eigenvalue weighted by molar-refractivity contribution is 6.31. The Hall–Kier alpha value is -2.21. The number of amides is 2. The molecule has 1 aliphatic heterocycles. The van der Waals surface area contributed by atoms with Crippen LogP contribution < -0.4 is 10.2 Å². The van der Waals surface area contributed by atoms with E-state index in [4.69, 9.17) is 11.6 Å². The second-order valence-electron chi connectivity index (χ2n) is 5.51. The van der Waals surface area contributed by atoms with Gasteiger partial charge in [-0.25, -0.2) is 4.79 Å². The lowest BCUT2D eigenvalue weighted by Crippen LogP contribution is -2.38. The molecule has 0 spiro atoms. The Morgan fingerprint density at radius 2 is 1.92 bits per heavy atom. The van der Waals surface area contributed by atoms with Crippen LogP contribution in [0.5, 0.6) is 0 Å². The molecular weight excluding hydrogens is 341 g/mol. The lowest BCUT2D eigenvalue weighted by atomic mass is 10.0. The Kier molecular flexibility index (Phi) is 4.41. The van der Waals surface area contributed by atoms with Gasteiger partial charge in [0, 0.05) is 17.9 Å². The van der Waals surface area contributed by atoms with Gasteiger partial charge in [0.05, 0.1) is 10.6 Å². The van der Waals surface area contributed by atoms with Crippen LogP contribution in [-0.4, -0.2) is 12.6 Å². The number of alkyl halides is 3. The summed E-state index contributed by atoms with van der Waals surface area (Å²) < 4.78 is 38.7. The summed E-state index contributed by atoms with van der Waals surface area (Å²) in [7, 11) is 0. The van der Waals surface area contributed by atoms with Crippen molar-refractivity contribution in [3.8, 4) is 0 Å². The molecule has 7 heteroatoms. The van der Waals surface area contributed by atoms with Gasteiger partial charge in [0.1, 0.15) is 0 Å². The Balaban J connectivity index is 1.84. The number of urea groups is 1. The molecule has 0 aromatic heterocycles. The molecule has 126 valence electrons. The number of aryl methyl sites for hydroxylation is 1. The van der Waals surface area contributed by atoms with Crippen LogP contribution in [0.2, 0.25) is 5.02 Å². The average Bonchev–Trinajstić information content (AvgIpc) is 2.55. The normalized spacial score (nSPS) is 14.2. The minimum atomic E-state index is -4.57. The molecule has 0 saturated carbocycles. The monoisotopic (exact) mass is 354 g/mol. The molecule has 0 radical (unpaired) electrons. The first-order valence-electron chi connectivity index (χ1n) is 7.39. The van der Waals surface area contributed by atoms with Crippen LogP contribution in [-0.2, 0) is 12.6 Å². The zero-order valence-electron chi connectivity index (χ0n) is 12.5. The third-order valence-electron chi connectivity index (χ3n) is 3.88. The molecule has 2 aromatic carbocycles. The number of fused-ring (bicyclic) bond motifs is 1. The van der Waals surface area contributed by atoms with E-state index in [9.17, 15) is 18.0 Å².